The summed E-state index contributed by atoms with van der Waals surface area (Å²) in [4.78, 5) is 11.4. The third kappa shape index (κ3) is 3.39. The predicted octanol–water partition coefficient (Wildman–Crippen LogP) is 3.46. The molecule has 1 atom stereocenters. The summed E-state index contributed by atoms with van der Waals surface area (Å²) in [7, 11) is 1.55. The molecule has 0 saturated carbocycles. The molecule has 0 radical (unpaired) electrons. The minimum atomic E-state index is -0.187. The van der Waals surface area contributed by atoms with Crippen molar-refractivity contribution in [1.82, 2.24) is 0 Å². The van der Waals surface area contributed by atoms with E-state index in [1.54, 1.807) is 25.3 Å². The summed E-state index contributed by atoms with van der Waals surface area (Å²) in [5.41, 5.74) is 0.661. The van der Waals surface area contributed by atoms with Gasteiger partial charge >= 0.3 is 0 Å². The van der Waals surface area contributed by atoms with Crippen molar-refractivity contribution >= 4 is 39.1 Å². The van der Waals surface area contributed by atoms with Gasteiger partial charge in [-0.1, -0.05) is 34.5 Å². The lowest BCUT2D eigenvalue weighted by Crippen LogP contribution is -2.21. The Morgan fingerprint density at radius 3 is 2.81 bits per heavy atom. The molecule has 0 bridgehead atoms. The molecule has 16 heavy (non-hydrogen) atoms. The second kappa shape index (κ2) is 6.11. The van der Waals surface area contributed by atoms with E-state index in [0.717, 1.165) is 6.42 Å². The fourth-order valence-electron chi connectivity index (χ4n) is 1.15. The average molecular weight is 307 g/mol. The zero-order valence-corrected chi connectivity index (χ0v) is 11.4. The molecule has 3 nitrogen and oxygen atoms in total. The summed E-state index contributed by atoms with van der Waals surface area (Å²) < 4.78 is 5.02. The summed E-state index contributed by atoms with van der Waals surface area (Å²) in [6, 6.07) is 5.12. The Balaban J connectivity index is 2.75. The molecule has 0 heterocycles. The normalized spacial score (nSPS) is 12.0. The predicted molar refractivity (Wildman–Crippen MR) is 69.6 cm³/mol. The van der Waals surface area contributed by atoms with E-state index in [4.69, 9.17) is 16.3 Å². The van der Waals surface area contributed by atoms with Gasteiger partial charge in [0.2, 0.25) is 5.91 Å². The number of carbonyl (C=O) groups is 1. The summed E-state index contributed by atoms with van der Waals surface area (Å²) in [5, 5.41) is 3.23. The van der Waals surface area contributed by atoms with Crippen molar-refractivity contribution in [3.63, 3.8) is 0 Å². The maximum Gasteiger partial charge on any atom is 0.238 e. The fourth-order valence-corrected chi connectivity index (χ4v) is 1.52. The summed E-state index contributed by atoms with van der Waals surface area (Å²) >= 11 is 9.22. The van der Waals surface area contributed by atoms with Crippen LogP contribution in [0.1, 0.15) is 13.3 Å². The van der Waals surface area contributed by atoms with E-state index in [1.165, 1.54) is 0 Å². The number of anilines is 1. The smallest absolute Gasteiger partial charge is 0.238 e. The number of carbonyl (C=O) groups excluding carboxylic acids is 1. The third-order valence-electron chi connectivity index (χ3n) is 2.06. The Bertz CT molecular complexity index is 384. The van der Waals surface area contributed by atoms with E-state index in [1.807, 2.05) is 6.92 Å². The van der Waals surface area contributed by atoms with Gasteiger partial charge in [0.05, 0.1) is 17.0 Å². The highest BCUT2D eigenvalue weighted by Crippen LogP contribution is 2.27. The van der Waals surface area contributed by atoms with Crippen LogP contribution in [0, 0.1) is 0 Å². The minimum Gasteiger partial charge on any atom is -0.495 e. The SMILES string of the molecule is CC[C@H](Br)C(=O)Nc1ccc(OC)c(Cl)c1. The molecule has 1 rings (SSSR count). The molecule has 88 valence electrons. The number of benzene rings is 1. The topological polar surface area (TPSA) is 38.3 Å². The van der Waals surface area contributed by atoms with E-state index in [0.29, 0.717) is 16.5 Å². The van der Waals surface area contributed by atoms with E-state index < -0.39 is 0 Å². The molecular formula is C11H13BrClNO2. The van der Waals surface area contributed by atoms with Gasteiger partial charge in [-0.15, -0.1) is 0 Å². The second-order valence-electron chi connectivity index (χ2n) is 3.21. The number of nitrogens with one attached hydrogen (secondary N) is 1. The molecule has 0 unspecified atom stereocenters. The summed E-state index contributed by atoms with van der Waals surface area (Å²) in [6.07, 6.45) is 0.732. The second-order valence-corrected chi connectivity index (χ2v) is 4.73. The molecule has 0 fully saturated rings. The molecule has 0 aliphatic carbocycles. The number of amides is 1. The van der Waals surface area contributed by atoms with Crippen molar-refractivity contribution in [3.8, 4) is 5.75 Å². The first-order chi connectivity index (χ1) is 7.58. The van der Waals surface area contributed by atoms with Gasteiger partial charge in [-0.25, -0.2) is 0 Å². The summed E-state index contributed by atoms with van der Waals surface area (Å²) in [5.74, 6) is 0.509. The quantitative estimate of drug-likeness (QED) is 0.865. The zero-order valence-electron chi connectivity index (χ0n) is 9.09. The highest BCUT2D eigenvalue weighted by atomic mass is 79.9. The highest BCUT2D eigenvalue weighted by Gasteiger charge is 2.12. The van der Waals surface area contributed by atoms with Crippen LogP contribution in [0.2, 0.25) is 5.02 Å². The van der Waals surface area contributed by atoms with Crippen molar-refractivity contribution in [3.05, 3.63) is 23.2 Å². The standard InChI is InChI=1S/C11H13BrClNO2/c1-3-8(12)11(15)14-7-4-5-10(16-2)9(13)6-7/h4-6,8H,3H2,1-2H3,(H,14,15)/t8-/m0/s1. The Hall–Kier alpha value is -0.740. The van der Waals surface area contributed by atoms with Gasteiger partial charge < -0.3 is 10.1 Å². The van der Waals surface area contributed by atoms with Crippen molar-refractivity contribution in [2.75, 3.05) is 12.4 Å². The number of ether oxygens (including phenoxy) is 1. The molecule has 0 aliphatic heterocycles. The van der Waals surface area contributed by atoms with Gasteiger partial charge in [0.25, 0.3) is 0 Å². The Labute approximate surface area is 108 Å². The minimum absolute atomic E-state index is 0.0799. The monoisotopic (exact) mass is 305 g/mol. The van der Waals surface area contributed by atoms with Crippen molar-refractivity contribution < 1.29 is 9.53 Å². The molecule has 0 saturated heterocycles. The molecule has 5 heteroatoms. The third-order valence-corrected chi connectivity index (χ3v) is 3.42. The van der Waals surface area contributed by atoms with Gasteiger partial charge in [-0.2, -0.15) is 0 Å². The molecule has 1 aromatic rings. The maximum atomic E-state index is 11.6. The fraction of sp³-hybridized carbons (Fsp3) is 0.364. The lowest BCUT2D eigenvalue weighted by molar-refractivity contribution is -0.115. The van der Waals surface area contributed by atoms with E-state index in [-0.39, 0.29) is 10.7 Å². The lowest BCUT2D eigenvalue weighted by atomic mass is 10.2. The van der Waals surface area contributed by atoms with Crippen LogP contribution in [0.4, 0.5) is 5.69 Å². The van der Waals surface area contributed by atoms with E-state index in [9.17, 15) is 4.79 Å². The number of alkyl halides is 1. The van der Waals surface area contributed by atoms with Crippen LogP contribution in [0.25, 0.3) is 0 Å². The van der Waals surface area contributed by atoms with Crippen molar-refractivity contribution in [1.29, 1.82) is 0 Å². The highest BCUT2D eigenvalue weighted by molar-refractivity contribution is 9.10. The lowest BCUT2D eigenvalue weighted by Gasteiger charge is -2.10. The van der Waals surface area contributed by atoms with Crippen molar-refractivity contribution in [2.45, 2.75) is 18.2 Å². The van der Waals surface area contributed by atoms with Gasteiger partial charge in [0, 0.05) is 5.69 Å². The number of rotatable bonds is 4. The van der Waals surface area contributed by atoms with Crippen molar-refractivity contribution in [2.24, 2.45) is 0 Å². The molecule has 0 spiro atoms. The zero-order chi connectivity index (χ0) is 12.1. The number of hydrogen-bond donors (Lipinski definition) is 1. The van der Waals surface area contributed by atoms with Gasteiger partial charge in [-0.3, -0.25) is 4.79 Å². The van der Waals surface area contributed by atoms with Gasteiger partial charge in [-0.05, 0) is 24.6 Å². The first-order valence-electron chi connectivity index (χ1n) is 4.87. The molecule has 1 N–H and O–H groups in total. The molecular weight excluding hydrogens is 293 g/mol. The molecule has 1 aromatic carbocycles. The average Bonchev–Trinajstić information content (AvgIpc) is 2.28. The Morgan fingerprint density at radius 2 is 2.31 bits per heavy atom. The van der Waals surface area contributed by atoms with Crippen LogP contribution in [-0.4, -0.2) is 17.8 Å². The van der Waals surface area contributed by atoms with Crippen LogP contribution in [0.3, 0.4) is 0 Å². The van der Waals surface area contributed by atoms with E-state index >= 15 is 0 Å². The first kappa shape index (κ1) is 13.3. The van der Waals surface area contributed by atoms with E-state index in [2.05, 4.69) is 21.2 Å². The summed E-state index contributed by atoms with van der Waals surface area (Å²) in [6.45, 7) is 1.93. The van der Waals surface area contributed by atoms with Crippen LogP contribution >= 0.6 is 27.5 Å². The molecule has 0 aromatic heterocycles. The molecule has 1 amide bonds. The largest absolute Gasteiger partial charge is 0.495 e. The maximum absolute atomic E-state index is 11.6. The van der Waals surface area contributed by atoms with Gasteiger partial charge in [0.1, 0.15) is 5.75 Å². The number of halogens is 2. The van der Waals surface area contributed by atoms with Crippen LogP contribution in [0.5, 0.6) is 5.75 Å². The number of hydrogen-bond acceptors (Lipinski definition) is 2. The van der Waals surface area contributed by atoms with Crippen LogP contribution in [0.15, 0.2) is 18.2 Å². The Kier molecular flexibility index (Phi) is 5.09. The van der Waals surface area contributed by atoms with Crippen LogP contribution < -0.4 is 10.1 Å². The van der Waals surface area contributed by atoms with Gasteiger partial charge in [0.15, 0.2) is 0 Å². The van der Waals surface area contributed by atoms with Crippen LogP contribution in [-0.2, 0) is 4.79 Å². The number of methoxy groups -OCH3 is 1. The molecule has 0 aliphatic rings. The Morgan fingerprint density at radius 1 is 1.62 bits per heavy atom. The first-order valence-corrected chi connectivity index (χ1v) is 6.16.